The third-order valence-electron chi connectivity index (χ3n) is 1.77. The van der Waals surface area contributed by atoms with Gasteiger partial charge in [0.15, 0.2) is 0 Å². The summed E-state index contributed by atoms with van der Waals surface area (Å²) in [5, 5.41) is 0.132. The predicted octanol–water partition coefficient (Wildman–Crippen LogP) is 1.25. The van der Waals surface area contributed by atoms with E-state index in [2.05, 4.69) is 0 Å². The van der Waals surface area contributed by atoms with Crippen LogP contribution in [0.25, 0.3) is 0 Å². The van der Waals surface area contributed by atoms with Gasteiger partial charge in [0, 0.05) is 0 Å². The highest BCUT2D eigenvalue weighted by molar-refractivity contribution is 7.68. The van der Waals surface area contributed by atoms with Gasteiger partial charge in [-0.1, -0.05) is 12.1 Å². The summed E-state index contributed by atoms with van der Waals surface area (Å²) in [6.07, 6.45) is 0. The topological polar surface area (TPSA) is 38.7 Å². The van der Waals surface area contributed by atoms with Crippen molar-refractivity contribution in [1.82, 2.24) is 0 Å². The zero-order valence-corrected chi connectivity index (χ0v) is 7.71. The Morgan fingerprint density at radius 2 is 1.85 bits per heavy atom. The minimum Gasteiger partial charge on any atom is -0.332 e. The summed E-state index contributed by atoms with van der Waals surface area (Å²) in [5.41, 5.74) is 0. The van der Waals surface area contributed by atoms with Gasteiger partial charge >= 0.3 is 0 Å². The highest BCUT2D eigenvalue weighted by atomic mass is 31.2. The Morgan fingerprint density at radius 3 is 2.46 bits per heavy atom. The summed E-state index contributed by atoms with van der Waals surface area (Å²) < 4.78 is 23.2. The van der Waals surface area contributed by atoms with Gasteiger partial charge in [0.25, 0.3) is 7.94 Å². The van der Waals surface area contributed by atoms with Crippen molar-refractivity contribution in [2.24, 2.45) is 0 Å². The van der Waals surface area contributed by atoms with E-state index in [-0.39, 0.29) is 5.30 Å². The van der Waals surface area contributed by atoms with E-state index < -0.39 is 13.8 Å². The molecule has 1 aromatic rings. The molecule has 1 radical (unpaired) electrons. The molecule has 0 atom stereocenters. The molecule has 0 amide bonds. The fraction of sp³-hybridized carbons (Fsp3) is 0.250. The van der Waals surface area contributed by atoms with Crippen molar-refractivity contribution >= 4 is 13.2 Å². The molecule has 71 valence electrons. The summed E-state index contributed by atoms with van der Waals surface area (Å²) in [6.45, 7) is 0.636. The van der Waals surface area contributed by atoms with Crippen molar-refractivity contribution in [2.45, 2.75) is 0 Å². The maximum atomic E-state index is 13.2. The molecule has 0 bridgehead atoms. The second-order valence-corrected chi connectivity index (χ2v) is 4.68. The summed E-state index contributed by atoms with van der Waals surface area (Å²) in [7, 11) is -3.09. The zero-order valence-electron chi connectivity index (χ0n) is 6.81. The largest absolute Gasteiger partial charge is 0.332 e. The first-order valence-electron chi connectivity index (χ1n) is 3.88. The van der Waals surface area contributed by atoms with Crippen LogP contribution in [0.4, 0.5) is 4.39 Å². The third kappa shape index (κ3) is 1.58. The Bertz CT molecular complexity index is 312. The summed E-state index contributed by atoms with van der Waals surface area (Å²) in [6, 6.07) is 5.95. The lowest BCUT2D eigenvalue weighted by Gasteiger charge is -2.21. The maximum Gasteiger partial charge on any atom is 0.265 e. The van der Waals surface area contributed by atoms with Gasteiger partial charge in [0.1, 0.15) is 5.82 Å². The van der Waals surface area contributed by atoms with Gasteiger partial charge in [-0.05, 0) is 12.1 Å². The predicted molar refractivity (Wildman–Crippen MR) is 47.1 cm³/mol. The van der Waals surface area contributed by atoms with E-state index in [0.717, 1.165) is 0 Å². The molecule has 1 heterocycles. The van der Waals surface area contributed by atoms with Gasteiger partial charge in [-0.2, -0.15) is 0 Å². The normalized spacial score (nSPS) is 20.5. The lowest BCUT2D eigenvalue weighted by Crippen LogP contribution is -2.14. The standard InChI is InChI=1S/C8H9FO3P/c9-7-3-1-2-4-8(7)13(10)11-5-6-12-13/h1-4,10H,5-6H2. The maximum absolute atomic E-state index is 13.2. The van der Waals surface area contributed by atoms with Crippen LogP contribution in [0.15, 0.2) is 24.3 Å². The highest BCUT2D eigenvalue weighted by Gasteiger charge is 2.37. The first kappa shape index (κ1) is 9.03. The molecule has 0 spiro atoms. The fourth-order valence-corrected chi connectivity index (χ4v) is 2.79. The van der Waals surface area contributed by atoms with Gasteiger partial charge in [0.2, 0.25) is 0 Å². The molecule has 1 aromatic carbocycles. The molecule has 1 aliphatic heterocycles. The SMILES string of the molecule is O[P]1(c2ccccc2F)OCCO1. The Hall–Kier alpha value is -0.540. The molecule has 2 rings (SSSR count). The minimum atomic E-state index is -3.09. The van der Waals surface area contributed by atoms with Crippen LogP contribution in [0, 0.1) is 5.82 Å². The molecule has 0 aliphatic carbocycles. The van der Waals surface area contributed by atoms with E-state index in [9.17, 15) is 9.28 Å². The molecule has 1 aliphatic rings. The minimum absolute atomic E-state index is 0.132. The molecule has 0 aromatic heterocycles. The lowest BCUT2D eigenvalue weighted by molar-refractivity contribution is 0.326. The van der Waals surface area contributed by atoms with Crippen LogP contribution in [0.5, 0.6) is 0 Å². The van der Waals surface area contributed by atoms with Crippen LogP contribution in [-0.2, 0) is 9.05 Å². The molecule has 1 N–H and O–H groups in total. The number of halogens is 1. The van der Waals surface area contributed by atoms with E-state index in [4.69, 9.17) is 9.05 Å². The van der Waals surface area contributed by atoms with E-state index in [1.54, 1.807) is 12.1 Å². The fourth-order valence-electron chi connectivity index (χ4n) is 1.18. The average molecular weight is 203 g/mol. The lowest BCUT2D eigenvalue weighted by atomic mass is 10.3. The molecule has 0 saturated carbocycles. The van der Waals surface area contributed by atoms with Crippen LogP contribution < -0.4 is 5.30 Å². The van der Waals surface area contributed by atoms with Crippen molar-refractivity contribution in [2.75, 3.05) is 13.2 Å². The van der Waals surface area contributed by atoms with Crippen molar-refractivity contribution in [3.63, 3.8) is 0 Å². The van der Waals surface area contributed by atoms with E-state index in [0.29, 0.717) is 13.2 Å². The molecule has 1 saturated heterocycles. The van der Waals surface area contributed by atoms with Crippen LogP contribution in [-0.4, -0.2) is 18.1 Å². The first-order chi connectivity index (χ1) is 6.22. The molecular weight excluding hydrogens is 194 g/mol. The van der Waals surface area contributed by atoms with E-state index >= 15 is 0 Å². The second kappa shape index (κ2) is 3.31. The Balaban J connectivity index is 2.39. The Labute approximate surface area is 75.7 Å². The monoisotopic (exact) mass is 203 g/mol. The smallest absolute Gasteiger partial charge is 0.265 e. The molecule has 5 heteroatoms. The van der Waals surface area contributed by atoms with Gasteiger partial charge in [-0.15, -0.1) is 0 Å². The van der Waals surface area contributed by atoms with Crippen LogP contribution >= 0.6 is 7.94 Å². The number of rotatable bonds is 1. The molecule has 3 nitrogen and oxygen atoms in total. The Morgan fingerprint density at radius 1 is 1.23 bits per heavy atom. The van der Waals surface area contributed by atoms with Crippen LogP contribution in [0.3, 0.4) is 0 Å². The second-order valence-electron chi connectivity index (χ2n) is 2.64. The van der Waals surface area contributed by atoms with Crippen molar-refractivity contribution in [1.29, 1.82) is 0 Å². The Kier molecular flexibility index (Phi) is 2.30. The summed E-state index contributed by atoms with van der Waals surface area (Å²) in [5.74, 6) is -0.486. The van der Waals surface area contributed by atoms with Gasteiger partial charge < -0.3 is 13.9 Å². The molecule has 13 heavy (non-hydrogen) atoms. The van der Waals surface area contributed by atoms with Gasteiger partial charge in [-0.25, -0.2) is 4.39 Å². The van der Waals surface area contributed by atoms with Gasteiger partial charge in [0.05, 0.1) is 18.5 Å². The average Bonchev–Trinajstić information content (AvgIpc) is 2.54. The van der Waals surface area contributed by atoms with Crippen molar-refractivity contribution < 1.29 is 18.3 Å². The first-order valence-corrected chi connectivity index (χ1v) is 5.46. The highest BCUT2D eigenvalue weighted by Crippen LogP contribution is 2.58. The van der Waals surface area contributed by atoms with E-state index in [1.165, 1.54) is 12.1 Å². The molecule has 1 fully saturated rings. The molecule has 0 unspecified atom stereocenters. The van der Waals surface area contributed by atoms with E-state index in [1.807, 2.05) is 0 Å². The van der Waals surface area contributed by atoms with Crippen LogP contribution in [0.2, 0.25) is 0 Å². The quantitative estimate of drug-likeness (QED) is 0.698. The van der Waals surface area contributed by atoms with Gasteiger partial charge in [-0.3, -0.25) is 0 Å². The number of benzene rings is 1. The number of hydrogen-bond acceptors (Lipinski definition) is 3. The number of hydrogen-bond donors (Lipinski definition) is 1. The van der Waals surface area contributed by atoms with Crippen LogP contribution in [0.1, 0.15) is 0 Å². The zero-order chi connectivity index (χ0) is 9.31. The molecular formula is C8H9FO3P. The summed E-state index contributed by atoms with van der Waals surface area (Å²) in [4.78, 5) is 9.77. The van der Waals surface area contributed by atoms with Crippen molar-refractivity contribution in [3.05, 3.63) is 30.1 Å². The summed E-state index contributed by atoms with van der Waals surface area (Å²) >= 11 is 0. The van der Waals surface area contributed by atoms with Crippen molar-refractivity contribution in [3.8, 4) is 0 Å². The third-order valence-corrected chi connectivity index (χ3v) is 3.81.